The van der Waals surface area contributed by atoms with Crippen LogP contribution in [0.1, 0.15) is 33.1 Å². The summed E-state index contributed by atoms with van der Waals surface area (Å²) in [7, 11) is 0. The average Bonchev–Trinajstić information content (AvgIpc) is 2.69. The van der Waals surface area contributed by atoms with Gasteiger partial charge in [0.15, 0.2) is 11.0 Å². The number of hydrogen-bond acceptors (Lipinski definition) is 4. The van der Waals surface area contributed by atoms with Gasteiger partial charge in [0.25, 0.3) is 0 Å². The summed E-state index contributed by atoms with van der Waals surface area (Å²) in [5.41, 5.74) is 0.447. The molecule has 0 aromatic carbocycles. The fourth-order valence-electron chi connectivity index (χ4n) is 2.28. The lowest BCUT2D eigenvalue weighted by Gasteiger charge is -2.27. The van der Waals surface area contributed by atoms with Crippen molar-refractivity contribution in [3.05, 3.63) is 5.15 Å². The van der Waals surface area contributed by atoms with Crippen LogP contribution < -0.4 is 5.32 Å². The van der Waals surface area contributed by atoms with Crippen LogP contribution in [0.5, 0.6) is 0 Å². The molecule has 1 aromatic heterocycles. The lowest BCUT2D eigenvalue weighted by molar-refractivity contribution is 0.272. The highest BCUT2D eigenvalue weighted by Crippen LogP contribution is 2.42. The van der Waals surface area contributed by atoms with E-state index in [1.165, 1.54) is 19.3 Å². The van der Waals surface area contributed by atoms with Gasteiger partial charge in [0.1, 0.15) is 0 Å². The molecule has 0 radical (unpaired) electrons. The molecule has 1 fully saturated rings. The van der Waals surface area contributed by atoms with Crippen LogP contribution >= 0.6 is 23.3 Å². The van der Waals surface area contributed by atoms with E-state index in [2.05, 4.69) is 27.9 Å². The van der Waals surface area contributed by atoms with Gasteiger partial charge in [-0.2, -0.15) is 8.75 Å². The Morgan fingerprint density at radius 2 is 2.33 bits per heavy atom. The van der Waals surface area contributed by atoms with E-state index in [0.717, 1.165) is 30.0 Å². The lowest BCUT2D eigenvalue weighted by Crippen LogP contribution is -2.24. The molecule has 1 aromatic rings. The van der Waals surface area contributed by atoms with Crippen molar-refractivity contribution in [1.29, 1.82) is 0 Å². The van der Waals surface area contributed by atoms with Crippen molar-refractivity contribution in [2.75, 3.05) is 11.9 Å². The second-order valence-electron chi connectivity index (χ2n) is 4.86. The van der Waals surface area contributed by atoms with E-state index < -0.39 is 0 Å². The first-order valence-corrected chi connectivity index (χ1v) is 6.42. The molecule has 0 spiro atoms. The summed E-state index contributed by atoms with van der Waals surface area (Å²) in [5, 5.41) is 3.79. The molecular weight excluding hydrogens is 230 g/mol. The van der Waals surface area contributed by atoms with Gasteiger partial charge in [0.2, 0.25) is 0 Å². The van der Waals surface area contributed by atoms with E-state index in [9.17, 15) is 0 Å². The summed E-state index contributed by atoms with van der Waals surface area (Å²) in [5.74, 6) is 1.46. The first-order chi connectivity index (χ1) is 7.09. The number of hydrogen-bond donors (Lipinski definition) is 1. The van der Waals surface area contributed by atoms with Crippen molar-refractivity contribution >= 4 is 29.1 Å². The van der Waals surface area contributed by atoms with Crippen molar-refractivity contribution in [1.82, 2.24) is 8.75 Å². The van der Waals surface area contributed by atoms with Crippen LogP contribution in [0, 0.1) is 11.3 Å². The summed E-state index contributed by atoms with van der Waals surface area (Å²) < 4.78 is 8.04. The Bertz CT molecular complexity index is 337. The van der Waals surface area contributed by atoms with Gasteiger partial charge in [-0.15, -0.1) is 0 Å². The Morgan fingerprint density at radius 3 is 2.87 bits per heavy atom. The van der Waals surface area contributed by atoms with Gasteiger partial charge in [0, 0.05) is 6.54 Å². The van der Waals surface area contributed by atoms with E-state index in [-0.39, 0.29) is 0 Å². The zero-order valence-corrected chi connectivity index (χ0v) is 10.7. The molecule has 0 saturated heterocycles. The maximum atomic E-state index is 5.87. The number of rotatable bonds is 3. The Hall–Kier alpha value is -0.350. The minimum Gasteiger partial charge on any atom is -0.366 e. The molecule has 5 heteroatoms. The smallest absolute Gasteiger partial charge is 0.186 e. The van der Waals surface area contributed by atoms with Crippen LogP contribution in [-0.2, 0) is 0 Å². The average molecular weight is 246 g/mol. The third-order valence-electron chi connectivity index (χ3n) is 3.44. The van der Waals surface area contributed by atoms with E-state index in [4.69, 9.17) is 11.6 Å². The molecular formula is C10H16ClN3S. The highest BCUT2D eigenvalue weighted by molar-refractivity contribution is 6.99. The number of nitrogens with zero attached hydrogens (tertiary/aromatic N) is 2. The maximum absolute atomic E-state index is 5.87. The normalized spacial score (nSPS) is 24.3. The zero-order chi connectivity index (χ0) is 10.9. The molecule has 15 heavy (non-hydrogen) atoms. The molecule has 2 rings (SSSR count). The topological polar surface area (TPSA) is 37.8 Å². The van der Waals surface area contributed by atoms with Gasteiger partial charge >= 0.3 is 0 Å². The Kier molecular flexibility index (Phi) is 3.16. The maximum Gasteiger partial charge on any atom is 0.186 e. The highest BCUT2D eigenvalue weighted by atomic mass is 35.5. The molecule has 0 bridgehead atoms. The van der Waals surface area contributed by atoms with Gasteiger partial charge in [-0.25, -0.2) is 0 Å². The van der Waals surface area contributed by atoms with Crippen molar-refractivity contribution in [3.63, 3.8) is 0 Å². The van der Waals surface area contributed by atoms with Crippen LogP contribution in [-0.4, -0.2) is 15.3 Å². The Balaban J connectivity index is 1.91. The largest absolute Gasteiger partial charge is 0.366 e. The van der Waals surface area contributed by atoms with Crippen LogP contribution in [0.15, 0.2) is 0 Å². The minimum atomic E-state index is 0.447. The fraction of sp³-hybridized carbons (Fsp3) is 0.800. The third kappa shape index (κ3) is 2.42. The van der Waals surface area contributed by atoms with Crippen LogP contribution in [0.25, 0.3) is 0 Å². The summed E-state index contributed by atoms with van der Waals surface area (Å²) in [4.78, 5) is 0. The SMILES string of the molecule is CC1(C)CCCC1CNc1nsnc1Cl. The third-order valence-corrected chi connectivity index (χ3v) is 4.34. The second kappa shape index (κ2) is 4.26. The minimum absolute atomic E-state index is 0.447. The Labute approximate surface area is 99.6 Å². The molecule has 84 valence electrons. The quantitative estimate of drug-likeness (QED) is 0.887. The first-order valence-electron chi connectivity index (χ1n) is 5.31. The van der Waals surface area contributed by atoms with Crippen molar-refractivity contribution < 1.29 is 0 Å². The predicted octanol–water partition coefficient (Wildman–Crippen LogP) is 3.43. The van der Waals surface area contributed by atoms with Gasteiger partial charge in [-0.05, 0) is 24.2 Å². The number of anilines is 1. The molecule has 1 aliphatic rings. The molecule has 3 nitrogen and oxygen atoms in total. The molecule has 0 amide bonds. The van der Waals surface area contributed by atoms with Crippen LogP contribution in [0.2, 0.25) is 5.15 Å². The molecule has 1 aliphatic carbocycles. The van der Waals surface area contributed by atoms with Gasteiger partial charge < -0.3 is 5.32 Å². The van der Waals surface area contributed by atoms with Crippen molar-refractivity contribution in [2.24, 2.45) is 11.3 Å². The van der Waals surface area contributed by atoms with Gasteiger partial charge in [-0.1, -0.05) is 31.9 Å². The van der Waals surface area contributed by atoms with E-state index >= 15 is 0 Å². The summed E-state index contributed by atoms with van der Waals surface area (Å²) in [6, 6.07) is 0. The zero-order valence-electron chi connectivity index (χ0n) is 9.09. The molecule has 1 unspecified atom stereocenters. The van der Waals surface area contributed by atoms with Crippen LogP contribution in [0.4, 0.5) is 5.82 Å². The first kappa shape index (κ1) is 11.1. The molecule has 1 N–H and O–H groups in total. The predicted molar refractivity (Wildman–Crippen MR) is 64.5 cm³/mol. The molecule has 1 heterocycles. The van der Waals surface area contributed by atoms with E-state index in [1.54, 1.807) is 0 Å². The van der Waals surface area contributed by atoms with Crippen molar-refractivity contribution in [2.45, 2.75) is 33.1 Å². The second-order valence-corrected chi connectivity index (χ2v) is 5.75. The van der Waals surface area contributed by atoms with E-state index in [1.807, 2.05) is 0 Å². The molecule has 0 aliphatic heterocycles. The van der Waals surface area contributed by atoms with Gasteiger partial charge in [-0.3, -0.25) is 0 Å². The fourth-order valence-corrected chi connectivity index (χ4v) is 2.96. The molecule has 1 atom stereocenters. The van der Waals surface area contributed by atoms with Gasteiger partial charge in [0.05, 0.1) is 11.7 Å². The molecule has 1 saturated carbocycles. The number of nitrogens with one attached hydrogen (secondary N) is 1. The number of aromatic nitrogens is 2. The van der Waals surface area contributed by atoms with Crippen LogP contribution in [0.3, 0.4) is 0 Å². The summed E-state index contributed by atoms with van der Waals surface area (Å²) in [6.45, 7) is 5.64. The standard InChI is InChI=1S/C10H16ClN3S/c1-10(2)5-3-4-7(10)6-12-9-8(11)13-15-14-9/h7H,3-6H2,1-2H3,(H,12,14). The Morgan fingerprint density at radius 1 is 1.53 bits per heavy atom. The summed E-state index contributed by atoms with van der Waals surface area (Å²) >= 11 is 7.02. The monoisotopic (exact) mass is 245 g/mol. The van der Waals surface area contributed by atoms with Crippen molar-refractivity contribution in [3.8, 4) is 0 Å². The lowest BCUT2D eigenvalue weighted by atomic mass is 9.82. The summed E-state index contributed by atoms with van der Waals surface area (Å²) in [6.07, 6.45) is 3.96. The highest BCUT2D eigenvalue weighted by Gasteiger charge is 2.34. The van der Waals surface area contributed by atoms with E-state index in [0.29, 0.717) is 10.6 Å². The number of halogens is 1.